The van der Waals surface area contributed by atoms with Crippen LogP contribution >= 0.6 is 0 Å². The molecule has 1 aromatic carbocycles. The number of benzene rings is 1. The third-order valence-electron chi connectivity index (χ3n) is 3.63. The van der Waals surface area contributed by atoms with Crippen molar-refractivity contribution in [2.45, 2.75) is 32.4 Å². The number of aryl methyl sites for hydroxylation is 1. The molecule has 1 fully saturated rings. The fraction of sp³-hybridized carbons (Fsp3) is 0.385. The summed E-state index contributed by atoms with van der Waals surface area (Å²) in [6.45, 7) is 2.69. The van der Waals surface area contributed by atoms with Crippen LogP contribution in [-0.2, 0) is 6.54 Å². The Balaban J connectivity index is 2.08. The molecule has 1 aromatic rings. The first kappa shape index (κ1) is 10.3. The van der Waals surface area contributed by atoms with Crippen LogP contribution in [0.2, 0.25) is 0 Å². The Morgan fingerprint density at radius 1 is 1.47 bits per heavy atom. The molecule has 0 radical (unpaired) electrons. The van der Waals surface area contributed by atoms with Gasteiger partial charge in [-0.05, 0) is 18.9 Å². The summed E-state index contributed by atoms with van der Waals surface area (Å²) in [5, 5.41) is 12.2. The SMILES string of the molecule is Cc1ccc2c(c1)CN1/C(=N/O)CCC1C2=O. The number of fused-ring (bicyclic) bond motifs is 2. The van der Waals surface area contributed by atoms with Crippen LogP contribution in [0.15, 0.2) is 23.4 Å². The Hall–Kier alpha value is -1.84. The summed E-state index contributed by atoms with van der Waals surface area (Å²) in [6.07, 6.45) is 1.44. The van der Waals surface area contributed by atoms with Crippen LogP contribution in [-0.4, -0.2) is 27.8 Å². The summed E-state index contributed by atoms with van der Waals surface area (Å²) in [6, 6.07) is 5.80. The normalized spacial score (nSPS) is 25.0. The fourth-order valence-electron chi connectivity index (χ4n) is 2.78. The van der Waals surface area contributed by atoms with Crippen molar-refractivity contribution >= 4 is 11.6 Å². The van der Waals surface area contributed by atoms with Crippen molar-refractivity contribution in [3.63, 3.8) is 0 Å². The van der Waals surface area contributed by atoms with Gasteiger partial charge in [-0.3, -0.25) is 4.79 Å². The summed E-state index contributed by atoms with van der Waals surface area (Å²) in [7, 11) is 0. The minimum absolute atomic E-state index is 0.129. The Morgan fingerprint density at radius 2 is 2.29 bits per heavy atom. The lowest BCUT2D eigenvalue weighted by atomic mass is 9.92. The van der Waals surface area contributed by atoms with Gasteiger partial charge in [0, 0.05) is 18.5 Å². The molecule has 1 unspecified atom stereocenters. The van der Waals surface area contributed by atoms with E-state index in [1.54, 1.807) is 0 Å². The van der Waals surface area contributed by atoms with Gasteiger partial charge >= 0.3 is 0 Å². The molecule has 2 aliphatic heterocycles. The molecule has 4 heteroatoms. The summed E-state index contributed by atoms with van der Waals surface area (Å²) >= 11 is 0. The molecule has 0 aliphatic carbocycles. The molecule has 0 saturated carbocycles. The number of hydrogen-bond donors (Lipinski definition) is 1. The molecular weight excluding hydrogens is 216 g/mol. The minimum atomic E-state index is -0.129. The first-order valence-corrected chi connectivity index (χ1v) is 5.82. The molecule has 1 N–H and O–H groups in total. The monoisotopic (exact) mass is 230 g/mol. The molecule has 17 heavy (non-hydrogen) atoms. The van der Waals surface area contributed by atoms with E-state index < -0.39 is 0 Å². The van der Waals surface area contributed by atoms with Gasteiger partial charge in [0.25, 0.3) is 0 Å². The molecule has 2 aliphatic rings. The van der Waals surface area contributed by atoms with Gasteiger partial charge in [0.2, 0.25) is 0 Å². The van der Waals surface area contributed by atoms with E-state index in [4.69, 9.17) is 5.21 Å². The Labute approximate surface area is 99.5 Å². The Kier molecular flexibility index (Phi) is 2.18. The van der Waals surface area contributed by atoms with Crippen molar-refractivity contribution in [2.24, 2.45) is 5.16 Å². The lowest BCUT2D eigenvalue weighted by Gasteiger charge is -2.31. The lowest BCUT2D eigenvalue weighted by Crippen LogP contribution is -2.42. The van der Waals surface area contributed by atoms with Crippen molar-refractivity contribution in [3.8, 4) is 0 Å². The maximum Gasteiger partial charge on any atom is 0.185 e. The second-order valence-corrected chi connectivity index (χ2v) is 4.72. The van der Waals surface area contributed by atoms with Crippen LogP contribution in [0.25, 0.3) is 0 Å². The van der Waals surface area contributed by atoms with Crippen molar-refractivity contribution < 1.29 is 10.0 Å². The summed E-state index contributed by atoms with van der Waals surface area (Å²) in [5.41, 5.74) is 3.02. The Morgan fingerprint density at radius 3 is 3.06 bits per heavy atom. The number of Topliss-reactive ketones (excluding diaryl/α,β-unsaturated/α-hetero) is 1. The number of carbonyl (C=O) groups is 1. The average Bonchev–Trinajstić information content (AvgIpc) is 2.72. The maximum absolute atomic E-state index is 12.3. The molecule has 1 saturated heterocycles. The van der Waals surface area contributed by atoms with Gasteiger partial charge in [-0.2, -0.15) is 0 Å². The van der Waals surface area contributed by atoms with Crippen molar-refractivity contribution in [1.82, 2.24) is 4.90 Å². The molecule has 88 valence electrons. The average molecular weight is 230 g/mol. The van der Waals surface area contributed by atoms with E-state index in [-0.39, 0.29) is 11.8 Å². The second kappa shape index (κ2) is 3.58. The molecule has 3 rings (SSSR count). The zero-order valence-corrected chi connectivity index (χ0v) is 9.68. The van der Waals surface area contributed by atoms with E-state index in [1.807, 2.05) is 30.0 Å². The summed E-state index contributed by atoms with van der Waals surface area (Å²) in [4.78, 5) is 14.2. The van der Waals surface area contributed by atoms with Crippen molar-refractivity contribution in [2.75, 3.05) is 0 Å². The van der Waals surface area contributed by atoms with E-state index >= 15 is 0 Å². The fourth-order valence-corrected chi connectivity index (χ4v) is 2.78. The van der Waals surface area contributed by atoms with E-state index in [2.05, 4.69) is 5.16 Å². The van der Waals surface area contributed by atoms with Gasteiger partial charge in [0.15, 0.2) is 5.78 Å². The number of ketones is 1. The van der Waals surface area contributed by atoms with Crippen LogP contribution in [0.3, 0.4) is 0 Å². The van der Waals surface area contributed by atoms with Gasteiger partial charge in [-0.1, -0.05) is 28.9 Å². The Bertz CT molecular complexity index is 522. The van der Waals surface area contributed by atoms with Crippen LogP contribution in [0.5, 0.6) is 0 Å². The smallest absolute Gasteiger partial charge is 0.185 e. The highest BCUT2D eigenvalue weighted by Crippen LogP contribution is 2.31. The van der Waals surface area contributed by atoms with Crippen LogP contribution in [0.1, 0.15) is 34.3 Å². The second-order valence-electron chi connectivity index (χ2n) is 4.72. The predicted molar refractivity (Wildman–Crippen MR) is 63.3 cm³/mol. The molecule has 2 heterocycles. The molecule has 1 atom stereocenters. The van der Waals surface area contributed by atoms with E-state index in [0.29, 0.717) is 18.8 Å². The van der Waals surface area contributed by atoms with Gasteiger partial charge in [-0.15, -0.1) is 0 Å². The molecule has 4 nitrogen and oxygen atoms in total. The molecule has 0 amide bonds. The maximum atomic E-state index is 12.3. The van der Waals surface area contributed by atoms with Crippen molar-refractivity contribution in [1.29, 1.82) is 0 Å². The first-order chi connectivity index (χ1) is 8.20. The number of rotatable bonds is 0. The van der Waals surface area contributed by atoms with Crippen LogP contribution in [0, 0.1) is 6.92 Å². The number of amidine groups is 1. The van der Waals surface area contributed by atoms with E-state index in [0.717, 1.165) is 23.1 Å². The number of carbonyl (C=O) groups excluding carboxylic acids is 1. The lowest BCUT2D eigenvalue weighted by molar-refractivity contribution is 0.0872. The van der Waals surface area contributed by atoms with Crippen molar-refractivity contribution in [3.05, 3.63) is 34.9 Å². The molecule has 0 aromatic heterocycles. The van der Waals surface area contributed by atoms with Gasteiger partial charge in [0.05, 0.1) is 6.04 Å². The molecular formula is C13H14N2O2. The molecule has 0 bridgehead atoms. The predicted octanol–water partition coefficient (Wildman–Crippen LogP) is 1.94. The zero-order chi connectivity index (χ0) is 12.0. The summed E-state index contributed by atoms with van der Waals surface area (Å²) < 4.78 is 0. The number of oxime groups is 1. The van der Waals surface area contributed by atoms with Gasteiger partial charge in [0.1, 0.15) is 5.84 Å². The quantitative estimate of drug-likeness (QED) is 0.547. The first-order valence-electron chi connectivity index (χ1n) is 5.82. The number of nitrogens with zero attached hydrogens (tertiary/aromatic N) is 2. The van der Waals surface area contributed by atoms with E-state index in [9.17, 15) is 4.79 Å². The van der Waals surface area contributed by atoms with Crippen LogP contribution < -0.4 is 0 Å². The third-order valence-corrected chi connectivity index (χ3v) is 3.63. The largest absolute Gasteiger partial charge is 0.409 e. The van der Waals surface area contributed by atoms with Gasteiger partial charge < -0.3 is 10.1 Å². The zero-order valence-electron chi connectivity index (χ0n) is 9.68. The van der Waals surface area contributed by atoms with Gasteiger partial charge in [-0.25, -0.2) is 0 Å². The topological polar surface area (TPSA) is 52.9 Å². The van der Waals surface area contributed by atoms with E-state index in [1.165, 1.54) is 0 Å². The highest BCUT2D eigenvalue weighted by Gasteiger charge is 2.39. The summed E-state index contributed by atoms with van der Waals surface area (Å²) in [5.74, 6) is 0.792. The minimum Gasteiger partial charge on any atom is -0.409 e. The molecule has 0 spiro atoms. The highest BCUT2D eigenvalue weighted by molar-refractivity contribution is 6.06. The third kappa shape index (κ3) is 1.44. The van der Waals surface area contributed by atoms with Crippen LogP contribution in [0.4, 0.5) is 0 Å². The highest BCUT2D eigenvalue weighted by atomic mass is 16.4. The number of hydrogen-bond acceptors (Lipinski definition) is 3. The standard InChI is InChI=1S/C13H14N2O2/c1-8-2-3-10-9(6-8)7-15-11(13(10)16)4-5-12(15)14-17/h2-3,6,11,17H,4-5,7H2,1H3/b14-12+.